The molecule has 0 aliphatic heterocycles. The average molecular weight is 469 g/mol. The van der Waals surface area contributed by atoms with Gasteiger partial charge in [-0.05, 0) is 36.7 Å². The van der Waals surface area contributed by atoms with Crippen molar-refractivity contribution in [2.45, 2.75) is 26.9 Å². The lowest BCUT2D eigenvalue weighted by molar-refractivity contribution is 0.215. The number of nitrogens with one attached hydrogen (secondary N) is 1. The molecule has 5 aromatic rings. The number of methoxy groups -OCH3 is 1. The first-order valence-corrected chi connectivity index (χ1v) is 11.9. The predicted octanol–water partition coefficient (Wildman–Crippen LogP) is 4.83. The van der Waals surface area contributed by atoms with Gasteiger partial charge < -0.3 is 15.8 Å². The maximum atomic E-state index is 5.78. The quantitative estimate of drug-likeness (QED) is 0.355. The number of ether oxygens (including phenoxy) is 1. The minimum absolute atomic E-state index is 0.525. The van der Waals surface area contributed by atoms with Gasteiger partial charge in [0, 0.05) is 43.0 Å². The van der Waals surface area contributed by atoms with Gasteiger partial charge in [-0.2, -0.15) is 0 Å². The molecular weight excluding hydrogens is 436 g/mol. The summed E-state index contributed by atoms with van der Waals surface area (Å²) in [7, 11) is 1.68. The largest absolute Gasteiger partial charge is 0.385 e. The Labute approximate surface area is 206 Å². The van der Waals surface area contributed by atoms with E-state index in [-0.39, 0.29) is 0 Å². The van der Waals surface area contributed by atoms with Gasteiger partial charge in [-0.15, -0.1) is 10.2 Å². The van der Waals surface area contributed by atoms with E-state index in [1.807, 2.05) is 41.8 Å². The van der Waals surface area contributed by atoms with Gasteiger partial charge in [0.25, 0.3) is 0 Å². The molecule has 0 saturated heterocycles. The number of hydrogen-bond acceptors (Lipinski definition) is 6. The van der Waals surface area contributed by atoms with Crippen molar-refractivity contribution in [1.29, 1.82) is 0 Å². The molecule has 0 fully saturated rings. The van der Waals surface area contributed by atoms with Crippen LogP contribution in [0.25, 0.3) is 38.9 Å². The van der Waals surface area contributed by atoms with Crippen LogP contribution in [-0.4, -0.2) is 39.8 Å². The summed E-state index contributed by atoms with van der Waals surface area (Å²) in [5, 5.41) is 13.2. The summed E-state index contributed by atoms with van der Waals surface area (Å²) in [6, 6.07) is 22.9. The van der Waals surface area contributed by atoms with Crippen LogP contribution in [0, 0.1) is 0 Å². The normalized spacial score (nSPS) is 11.0. The molecule has 7 heteroatoms. The summed E-state index contributed by atoms with van der Waals surface area (Å²) in [6.07, 6.45) is 2.00. The van der Waals surface area contributed by atoms with E-state index in [0.717, 1.165) is 63.5 Å². The van der Waals surface area contributed by atoms with E-state index < -0.39 is 0 Å². The molecule has 180 valence electrons. The molecule has 7 nitrogen and oxygen atoms in total. The van der Waals surface area contributed by atoms with Crippen LogP contribution in [0.1, 0.15) is 25.2 Å². The van der Waals surface area contributed by atoms with E-state index in [1.54, 1.807) is 7.11 Å². The molecule has 0 bridgehead atoms. The Morgan fingerprint density at radius 3 is 2.34 bits per heavy atom. The van der Waals surface area contributed by atoms with Crippen LogP contribution in [0.15, 0.2) is 72.9 Å². The van der Waals surface area contributed by atoms with Gasteiger partial charge in [0.2, 0.25) is 0 Å². The van der Waals surface area contributed by atoms with Crippen molar-refractivity contribution < 1.29 is 4.74 Å². The SMILES string of the molecule is CCNCc1nnc2c3cc(-c4ccccc4)c(-c4ccc(CN)cc4)nc3ccn12.CCOC. The predicted molar refractivity (Wildman–Crippen MR) is 142 cm³/mol. The molecule has 0 spiro atoms. The standard InChI is InChI=1S/C25H24N6.C3H8O/c1-2-27-16-23-29-30-25-21-14-20(18-6-4-3-5-7-18)24(28-22(21)12-13-31(23)25)19-10-8-17(15-26)9-11-19;1-3-4-2/h3-14,27H,2,15-16,26H2,1H3;3H2,1-2H3. The van der Waals surface area contributed by atoms with E-state index in [9.17, 15) is 0 Å². The van der Waals surface area contributed by atoms with Crippen molar-refractivity contribution in [3.05, 3.63) is 84.3 Å². The number of fused-ring (bicyclic) bond motifs is 3. The minimum Gasteiger partial charge on any atom is -0.385 e. The third kappa shape index (κ3) is 5.38. The van der Waals surface area contributed by atoms with E-state index in [0.29, 0.717) is 13.1 Å². The fourth-order valence-corrected chi connectivity index (χ4v) is 3.86. The number of rotatable bonds is 7. The van der Waals surface area contributed by atoms with Crippen molar-refractivity contribution >= 4 is 16.6 Å². The van der Waals surface area contributed by atoms with Crippen LogP contribution in [0.4, 0.5) is 0 Å². The zero-order chi connectivity index (χ0) is 24.6. The molecule has 3 N–H and O–H groups in total. The Kier molecular flexibility index (Phi) is 8.15. The zero-order valence-corrected chi connectivity index (χ0v) is 20.5. The van der Waals surface area contributed by atoms with Gasteiger partial charge in [0.1, 0.15) is 0 Å². The smallest absolute Gasteiger partial charge is 0.170 e. The monoisotopic (exact) mass is 468 g/mol. The Bertz CT molecular complexity index is 1380. The van der Waals surface area contributed by atoms with Gasteiger partial charge in [0.05, 0.1) is 17.8 Å². The first-order chi connectivity index (χ1) is 17.2. The maximum Gasteiger partial charge on any atom is 0.170 e. The molecule has 0 aliphatic rings. The first-order valence-electron chi connectivity index (χ1n) is 11.9. The summed E-state index contributed by atoms with van der Waals surface area (Å²) in [6.45, 7) is 6.94. The highest BCUT2D eigenvalue weighted by Crippen LogP contribution is 2.34. The number of hydrogen-bond donors (Lipinski definition) is 2. The highest BCUT2D eigenvalue weighted by molar-refractivity contribution is 5.98. The Hall–Kier alpha value is -3.65. The Balaban J connectivity index is 0.000000672. The fourth-order valence-electron chi connectivity index (χ4n) is 3.86. The van der Waals surface area contributed by atoms with Crippen molar-refractivity contribution in [1.82, 2.24) is 24.9 Å². The van der Waals surface area contributed by atoms with Gasteiger partial charge in [0.15, 0.2) is 11.5 Å². The fraction of sp³-hybridized carbons (Fsp3) is 0.250. The second-order valence-electron chi connectivity index (χ2n) is 8.07. The highest BCUT2D eigenvalue weighted by atomic mass is 16.5. The van der Waals surface area contributed by atoms with E-state index in [2.05, 4.69) is 69.6 Å². The van der Waals surface area contributed by atoms with Crippen molar-refractivity contribution in [3.63, 3.8) is 0 Å². The number of aromatic nitrogens is 4. The summed E-state index contributed by atoms with van der Waals surface area (Å²) < 4.78 is 6.58. The van der Waals surface area contributed by atoms with Crippen molar-refractivity contribution in [3.8, 4) is 22.4 Å². The number of nitrogens with two attached hydrogens (primary N) is 1. The molecule has 0 amide bonds. The van der Waals surface area contributed by atoms with Crippen LogP contribution in [0.3, 0.4) is 0 Å². The molecule has 3 heterocycles. The van der Waals surface area contributed by atoms with Crippen LogP contribution in [0.5, 0.6) is 0 Å². The average Bonchev–Trinajstić information content (AvgIpc) is 3.35. The van der Waals surface area contributed by atoms with Crippen molar-refractivity contribution in [2.24, 2.45) is 5.73 Å². The second-order valence-corrected chi connectivity index (χ2v) is 8.07. The first kappa shape index (κ1) is 24.5. The summed E-state index contributed by atoms with van der Waals surface area (Å²) in [5.41, 5.74) is 12.8. The summed E-state index contributed by atoms with van der Waals surface area (Å²) in [5.74, 6) is 0.890. The molecule has 0 atom stereocenters. The lowest BCUT2D eigenvalue weighted by Crippen LogP contribution is -2.14. The molecule has 35 heavy (non-hydrogen) atoms. The molecule has 0 unspecified atom stereocenters. The lowest BCUT2D eigenvalue weighted by Gasteiger charge is -2.13. The molecule has 0 radical (unpaired) electrons. The topological polar surface area (TPSA) is 90.4 Å². The third-order valence-corrected chi connectivity index (χ3v) is 5.81. The highest BCUT2D eigenvalue weighted by Gasteiger charge is 2.15. The number of pyridine rings is 2. The maximum absolute atomic E-state index is 5.78. The van der Waals surface area contributed by atoms with Crippen molar-refractivity contribution in [2.75, 3.05) is 20.3 Å². The molecule has 0 saturated carbocycles. The second kappa shape index (κ2) is 11.7. The molecule has 0 aliphatic carbocycles. The third-order valence-electron chi connectivity index (χ3n) is 5.81. The number of nitrogens with zero attached hydrogens (tertiary/aromatic N) is 4. The Morgan fingerprint density at radius 1 is 0.943 bits per heavy atom. The molecule has 2 aromatic carbocycles. The van der Waals surface area contributed by atoms with E-state index in [4.69, 9.17) is 10.7 Å². The van der Waals surface area contributed by atoms with Gasteiger partial charge in [-0.1, -0.05) is 61.5 Å². The zero-order valence-electron chi connectivity index (χ0n) is 20.5. The summed E-state index contributed by atoms with van der Waals surface area (Å²) in [4.78, 5) is 5.07. The lowest BCUT2D eigenvalue weighted by atomic mass is 9.97. The van der Waals surface area contributed by atoms with E-state index >= 15 is 0 Å². The molecular formula is C28H32N6O. The minimum atomic E-state index is 0.525. The van der Waals surface area contributed by atoms with Crippen LogP contribution in [-0.2, 0) is 17.8 Å². The van der Waals surface area contributed by atoms with Crippen LogP contribution in [0.2, 0.25) is 0 Å². The van der Waals surface area contributed by atoms with Gasteiger partial charge in [-0.25, -0.2) is 4.98 Å². The van der Waals surface area contributed by atoms with Gasteiger partial charge in [-0.3, -0.25) is 4.40 Å². The number of benzene rings is 2. The summed E-state index contributed by atoms with van der Waals surface area (Å²) >= 11 is 0. The molecule has 3 aromatic heterocycles. The molecule has 5 rings (SSSR count). The van der Waals surface area contributed by atoms with E-state index in [1.165, 1.54) is 0 Å². The van der Waals surface area contributed by atoms with Gasteiger partial charge >= 0.3 is 0 Å². The van der Waals surface area contributed by atoms with Crippen LogP contribution >= 0.6 is 0 Å². The van der Waals surface area contributed by atoms with Crippen LogP contribution < -0.4 is 11.1 Å². The Morgan fingerprint density at radius 2 is 1.69 bits per heavy atom.